The molecule has 1 aromatic heterocycles. The van der Waals surface area contributed by atoms with E-state index in [1.807, 2.05) is 37.3 Å². The van der Waals surface area contributed by atoms with Crippen molar-refractivity contribution in [1.82, 2.24) is 14.8 Å². The quantitative estimate of drug-likeness (QED) is 0.389. The minimum Gasteiger partial charge on any atom is -0.488 e. The highest BCUT2D eigenvalue weighted by atomic mass is 19.4. The first-order chi connectivity index (χ1) is 21.8. The van der Waals surface area contributed by atoms with E-state index >= 15 is 0 Å². The summed E-state index contributed by atoms with van der Waals surface area (Å²) >= 11 is 0. The number of aromatic nitrogens is 1. The third-order valence-corrected chi connectivity index (χ3v) is 8.74. The molecule has 3 aliphatic rings. The molecule has 4 heterocycles. The number of carboxylic acid groups (broad SMARTS) is 1. The van der Waals surface area contributed by atoms with Crippen LogP contribution in [-0.4, -0.2) is 76.1 Å². The number of aliphatic carboxylic acids is 1. The number of halogens is 4. The number of likely N-dealkylation sites (tertiary alicyclic amines) is 2. The average molecular weight is 639 g/mol. The molecule has 46 heavy (non-hydrogen) atoms. The molecule has 2 saturated heterocycles. The number of aryl methyl sites for hydroxylation is 1. The average Bonchev–Trinajstić information content (AvgIpc) is 3.41. The van der Waals surface area contributed by atoms with Crippen LogP contribution in [0.25, 0.3) is 0 Å². The van der Waals surface area contributed by atoms with Gasteiger partial charge in [0.1, 0.15) is 23.4 Å². The summed E-state index contributed by atoms with van der Waals surface area (Å²) in [5, 5.41) is 17.1. The number of alkyl halides is 3. The maximum atomic E-state index is 13.7. The first-order valence-corrected chi connectivity index (χ1v) is 14.6. The number of carboxylic acids is 1. The number of pyridine rings is 1. The summed E-state index contributed by atoms with van der Waals surface area (Å²) in [4.78, 5) is 43.7. The molecule has 2 aromatic carbocycles. The number of hydrogen-bond acceptors (Lipinski definition) is 6. The van der Waals surface area contributed by atoms with Crippen molar-refractivity contribution < 1.29 is 41.8 Å². The van der Waals surface area contributed by atoms with E-state index in [1.165, 1.54) is 12.1 Å². The highest BCUT2D eigenvalue weighted by Gasteiger charge is 2.41. The molecule has 0 saturated carbocycles. The highest BCUT2D eigenvalue weighted by molar-refractivity contribution is 5.99. The van der Waals surface area contributed by atoms with Gasteiger partial charge in [0, 0.05) is 48.9 Å². The number of amides is 2. The molecule has 240 valence electrons. The van der Waals surface area contributed by atoms with Gasteiger partial charge in [-0.1, -0.05) is 36.4 Å². The van der Waals surface area contributed by atoms with Crippen molar-refractivity contribution in [2.24, 2.45) is 0 Å². The van der Waals surface area contributed by atoms with Crippen molar-refractivity contribution >= 4 is 17.8 Å². The summed E-state index contributed by atoms with van der Waals surface area (Å²) in [6.45, 7) is 3.63. The van der Waals surface area contributed by atoms with Gasteiger partial charge in [-0.05, 0) is 49.4 Å². The molecule has 0 radical (unpaired) electrons. The molecule has 0 aliphatic carbocycles. The van der Waals surface area contributed by atoms with Crippen molar-refractivity contribution in [3.8, 4) is 11.8 Å². The van der Waals surface area contributed by atoms with Crippen molar-refractivity contribution in [2.45, 2.75) is 49.8 Å². The fourth-order valence-corrected chi connectivity index (χ4v) is 6.17. The molecule has 9 nitrogen and oxygen atoms in total. The predicted molar refractivity (Wildman–Crippen MR) is 156 cm³/mol. The highest BCUT2D eigenvalue weighted by Crippen LogP contribution is 2.43. The Hall–Kier alpha value is -4.99. The number of hydrogen-bond donors (Lipinski definition) is 1. The van der Waals surface area contributed by atoms with E-state index in [-0.39, 0.29) is 35.3 Å². The predicted octanol–water partition coefficient (Wildman–Crippen LogP) is 5.25. The van der Waals surface area contributed by atoms with E-state index in [4.69, 9.17) is 14.6 Å². The zero-order valence-electron chi connectivity index (χ0n) is 24.8. The lowest BCUT2D eigenvalue weighted by Crippen LogP contribution is -2.46. The smallest absolute Gasteiger partial charge is 0.488 e. The molecule has 2 atom stereocenters. The Morgan fingerprint density at radius 1 is 1.02 bits per heavy atom. The number of benzene rings is 2. The van der Waals surface area contributed by atoms with Gasteiger partial charge in [-0.3, -0.25) is 14.6 Å². The second-order valence-electron chi connectivity index (χ2n) is 11.5. The second-order valence-corrected chi connectivity index (χ2v) is 11.5. The number of carbonyl (C=O) groups is 3. The van der Waals surface area contributed by atoms with Crippen LogP contribution in [0.5, 0.6) is 5.75 Å². The lowest BCUT2D eigenvalue weighted by atomic mass is 9.74. The van der Waals surface area contributed by atoms with E-state index in [2.05, 4.69) is 11.1 Å². The maximum absolute atomic E-state index is 13.7. The molecule has 2 amide bonds. The molecule has 3 aromatic rings. The molecular weight excluding hydrogens is 608 g/mol. The maximum Gasteiger partial charge on any atom is 0.490 e. The lowest BCUT2D eigenvalue weighted by molar-refractivity contribution is -0.192. The number of nitriles is 1. The first-order valence-electron chi connectivity index (χ1n) is 14.6. The van der Waals surface area contributed by atoms with Crippen LogP contribution in [0.4, 0.5) is 17.6 Å². The Bertz CT molecular complexity index is 1680. The number of rotatable bonds is 3. The largest absolute Gasteiger partial charge is 0.490 e. The minimum absolute atomic E-state index is 0.135. The second kappa shape index (κ2) is 12.8. The van der Waals surface area contributed by atoms with Gasteiger partial charge in [-0.25, -0.2) is 9.18 Å². The SMILES string of the molecule is Cc1cnc(C(=O)N2CCC(C#N)(c3ccccc3)CC2)cc1C(=O)N1CCC2c3ccc(F)cc3OC2C1.O=C(O)C(F)(F)F. The van der Waals surface area contributed by atoms with Crippen LogP contribution in [0.15, 0.2) is 60.8 Å². The molecular formula is C33H30F4N4O5. The van der Waals surface area contributed by atoms with E-state index in [0.29, 0.717) is 55.9 Å². The van der Waals surface area contributed by atoms with Gasteiger partial charge in [-0.15, -0.1) is 0 Å². The van der Waals surface area contributed by atoms with Gasteiger partial charge in [0.25, 0.3) is 11.8 Å². The van der Waals surface area contributed by atoms with Crippen LogP contribution < -0.4 is 4.74 Å². The summed E-state index contributed by atoms with van der Waals surface area (Å²) in [5.41, 5.74) is 2.73. The number of piperidine rings is 2. The number of nitrogens with zero attached hydrogens (tertiary/aromatic N) is 4. The Labute approximate surface area is 262 Å². The van der Waals surface area contributed by atoms with E-state index in [0.717, 1.165) is 17.5 Å². The van der Waals surface area contributed by atoms with Crippen molar-refractivity contribution in [3.05, 3.63) is 94.6 Å². The van der Waals surface area contributed by atoms with Gasteiger partial charge in [0.15, 0.2) is 0 Å². The molecule has 3 aliphatic heterocycles. The summed E-state index contributed by atoms with van der Waals surface area (Å²) in [6.07, 6.45) is -1.92. The number of carbonyl (C=O) groups excluding carboxylic acids is 2. The van der Waals surface area contributed by atoms with Gasteiger partial charge in [0.05, 0.1) is 18.0 Å². The zero-order chi connectivity index (χ0) is 33.2. The molecule has 6 rings (SSSR count). The fourth-order valence-electron chi connectivity index (χ4n) is 6.17. The summed E-state index contributed by atoms with van der Waals surface area (Å²) in [5.74, 6) is -2.81. The molecule has 1 N–H and O–H groups in total. The minimum atomic E-state index is -5.08. The summed E-state index contributed by atoms with van der Waals surface area (Å²) in [6, 6.07) is 18.4. The standard InChI is InChI=1S/C31H29FN4O3.C2HF3O2/c1-20-17-34-26(30(38)35-13-10-31(19-33,11-14-35)21-5-3-2-4-6-21)16-25(20)29(37)36-12-9-24-23-8-7-22(32)15-27(23)39-28(24)18-36;3-2(4,5)1(6)7/h2-8,15-17,24,28H,9-14,18H2,1H3;(H,6,7). The first kappa shape index (κ1) is 32.4. The van der Waals surface area contributed by atoms with E-state index in [9.17, 15) is 32.4 Å². The van der Waals surface area contributed by atoms with Gasteiger partial charge in [0.2, 0.25) is 0 Å². The van der Waals surface area contributed by atoms with Gasteiger partial charge in [-0.2, -0.15) is 18.4 Å². The Morgan fingerprint density at radius 2 is 1.70 bits per heavy atom. The lowest BCUT2D eigenvalue weighted by Gasteiger charge is -2.37. The number of fused-ring (bicyclic) bond motifs is 3. The fraction of sp³-hybridized carbons (Fsp3) is 0.364. The van der Waals surface area contributed by atoms with E-state index in [1.54, 1.807) is 28.1 Å². The van der Waals surface area contributed by atoms with Gasteiger partial charge < -0.3 is 19.6 Å². The van der Waals surface area contributed by atoms with Crippen molar-refractivity contribution in [1.29, 1.82) is 5.26 Å². The van der Waals surface area contributed by atoms with Crippen LogP contribution in [0.2, 0.25) is 0 Å². The number of ether oxygens (including phenoxy) is 1. The third kappa shape index (κ3) is 6.51. The normalized spacial score (nSPS) is 19.8. The molecule has 0 spiro atoms. The van der Waals surface area contributed by atoms with Crippen molar-refractivity contribution in [3.63, 3.8) is 0 Å². The Balaban J connectivity index is 0.000000537. The van der Waals surface area contributed by atoms with Gasteiger partial charge >= 0.3 is 12.1 Å². The van der Waals surface area contributed by atoms with Crippen LogP contribution in [0, 0.1) is 24.1 Å². The monoisotopic (exact) mass is 638 g/mol. The van der Waals surface area contributed by atoms with Crippen LogP contribution in [0.1, 0.15) is 62.7 Å². The molecule has 13 heteroatoms. The Morgan fingerprint density at radius 3 is 2.33 bits per heavy atom. The zero-order valence-corrected chi connectivity index (χ0v) is 24.8. The molecule has 2 unspecified atom stereocenters. The topological polar surface area (TPSA) is 124 Å². The summed E-state index contributed by atoms with van der Waals surface area (Å²) < 4.78 is 51.4. The van der Waals surface area contributed by atoms with Crippen LogP contribution >= 0.6 is 0 Å². The Kier molecular flexibility index (Phi) is 9.01. The molecule has 2 fully saturated rings. The van der Waals surface area contributed by atoms with Crippen molar-refractivity contribution in [2.75, 3.05) is 26.2 Å². The van der Waals surface area contributed by atoms with Crippen LogP contribution in [0.3, 0.4) is 0 Å². The molecule has 0 bridgehead atoms. The van der Waals surface area contributed by atoms with E-state index < -0.39 is 17.6 Å². The summed E-state index contributed by atoms with van der Waals surface area (Å²) in [7, 11) is 0. The third-order valence-electron chi connectivity index (χ3n) is 8.74. The van der Waals surface area contributed by atoms with Crippen LogP contribution in [-0.2, 0) is 10.2 Å².